The van der Waals surface area contributed by atoms with Crippen LogP contribution in [0.25, 0.3) is 16.6 Å². The Hall–Kier alpha value is -3.33. The van der Waals surface area contributed by atoms with Crippen LogP contribution in [0.4, 0.5) is 21.6 Å². The van der Waals surface area contributed by atoms with Gasteiger partial charge in [0.2, 0.25) is 0 Å². The summed E-state index contributed by atoms with van der Waals surface area (Å²) >= 11 is 0. The maximum atomic E-state index is 14.6. The Labute approximate surface area is 186 Å². The molecule has 1 aliphatic rings. The van der Waals surface area contributed by atoms with E-state index in [1.54, 1.807) is 17.7 Å². The summed E-state index contributed by atoms with van der Waals surface area (Å²) in [5.41, 5.74) is 3.70. The predicted octanol–water partition coefficient (Wildman–Crippen LogP) is 3.61. The van der Waals surface area contributed by atoms with E-state index in [1.807, 2.05) is 24.9 Å². The molecule has 168 valence electrons. The molecule has 1 saturated heterocycles. The fourth-order valence-corrected chi connectivity index (χ4v) is 4.69. The lowest BCUT2D eigenvalue weighted by Gasteiger charge is -2.37. The highest BCUT2D eigenvalue weighted by atomic mass is 19.1. The predicted molar refractivity (Wildman–Crippen MR) is 125 cm³/mol. The molecule has 0 aliphatic carbocycles. The number of imidazole rings is 1. The monoisotopic (exact) mass is 437 g/mol. The summed E-state index contributed by atoms with van der Waals surface area (Å²) in [4.78, 5) is 6.59. The number of aromatic nitrogens is 4. The number of methoxy groups -OCH3 is 1. The number of fused-ring (bicyclic) bond motifs is 2. The summed E-state index contributed by atoms with van der Waals surface area (Å²) in [5.74, 6) is 0.954. The summed E-state index contributed by atoms with van der Waals surface area (Å²) in [6.07, 6.45) is 3.60. The van der Waals surface area contributed by atoms with Crippen LogP contribution in [-0.2, 0) is 7.05 Å². The van der Waals surface area contributed by atoms with Crippen molar-refractivity contribution in [3.8, 4) is 5.75 Å². The molecule has 0 saturated carbocycles. The van der Waals surface area contributed by atoms with Gasteiger partial charge in [-0.25, -0.2) is 9.37 Å². The minimum atomic E-state index is -0.389. The molecule has 0 spiro atoms. The van der Waals surface area contributed by atoms with Crippen LogP contribution >= 0.6 is 0 Å². The van der Waals surface area contributed by atoms with E-state index in [0.717, 1.165) is 41.1 Å². The molecule has 4 heterocycles. The van der Waals surface area contributed by atoms with Crippen molar-refractivity contribution >= 4 is 33.7 Å². The molecule has 5 rings (SSSR count). The molecule has 32 heavy (non-hydrogen) atoms. The van der Waals surface area contributed by atoms with Gasteiger partial charge in [0.05, 0.1) is 29.4 Å². The van der Waals surface area contributed by atoms with E-state index in [9.17, 15) is 4.39 Å². The smallest absolute Gasteiger partial charge is 0.173 e. The van der Waals surface area contributed by atoms with E-state index >= 15 is 0 Å². The Bertz CT molecular complexity index is 1300. The molecule has 8 nitrogen and oxygen atoms in total. The molecule has 2 N–H and O–H groups in total. The topological polar surface area (TPSA) is 71.7 Å². The Kier molecular flexibility index (Phi) is 4.93. The lowest BCUT2D eigenvalue weighted by atomic mass is 10.1. The van der Waals surface area contributed by atoms with E-state index in [1.165, 1.54) is 6.07 Å². The first-order valence-electron chi connectivity index (χ1n) is 10.8. The number of rotatable bonds is 4. The largest absolute Gasteiger partial charge is 0.496 e. The molecule has 0 bridgehead atoms. The molecular weight excluding hydrogens is 409 g/mol. The van der Waals surface area contributed by atoms with Gasteiger partial charge in [-0.1, -0.05) is 0 Å². The highest BCUT2D eigenvalue weighted by Gasteiger charge is 2.24. The molecule has 0 amide bonds. The molecule has 1 fully saturated rings. The lowest BCUT2D eigenvalue weighted by Crippen LogP contribution is -2.54. The van der Waals surface area contributed by atoms with Crippen molar-refractivity contribution in [3.63, 3.8) is 0 Å². The Morgan fingerprint density at radius 3 is 2.62 bits per heavy atom. The second kappa shape index (κ2) is 7.67. The van der Waals surface area contributed by atoms with E-state index in [-0.39, 0.29) is 5.82 Å². The van der Waals surface area contributed by atoms with Gasteiger partial charge in [0.25, 0.3) is 0 Å². The van der Waals surface area contributed by atoms with Crippen molar-refractivity contribution in [1.29, 1.82) is 0 Å². The number of hydrogen-bond donors (Lipinski definition) is 2. The van der Waals surface area contributed by atoms with E-state index < -0.39 is 0 Å². The average molecular weight is 438 g/mol. The standard InChI is InChI=1S/C23H28FN7O/c1-13-9-30(10-14(2)25-13)17-7-19-21(20(8-17)32-5)22(28-29(19)4)27-16-6-18(24)23-26-15(3)11-31(23)12-16/h6-8,11-14,25H,9-10H2,1-5H3,(H,27,28)/t13-,14-/m0/s1. The second-order valence-corrected chi connectivity index (χ2v) is 8.70. The van der Waals surface area contributed by atoms with Crippen molar-refractivity contribution in [2.45, 2.75) is 32.9 Å². The molecule has 0 radical (unpaired) electrons. The summed E-state index contributed by atoms with van der Waals surface area (Å²) in [6, 6.07) is 6.45. The van der Waals surface area contributed by atoms with E-state index in [4.69, 9.17) is 4.74 Å². The summed E-state index contributed by atoms with van der Waals surface area (Å²) in [6.45, 7) is 8.08. The number of ether oxygens (including phenoxy) is 1. The first-order chi connectivity index (χ1) is 15.3. The first kappa shape index (κ1) is 20.6. The number of pyridine rings is 1. The number of halogens is 1. The first-order valence-corrected chi connectivity index (χ1v) is 10.8. The quantitative estimate of drug-likeness (QED) is 0.508. The molecule has 1 aliphatic heterocycles. The minimum absolute atomic E-state index is 0.306. The third kappa shape index (κ3) is 3.52. The van der Waals surface area contributed by atoms with E-state index in [0.29, 0.717) is 29.2 Å². The molecule has 1 aromatic carbocycles. The number of piperazine rings is 1. The maximum Gasteiger partial charge on any atom is 0.173 e. The Balaban J connectivity index is 1.56. The normalized spacial score (nSPS) is 19.1. The van der Waals surface area contributed by atoms with Gasteiger partial charge in [0, 0.05) is 62.4 Å². The molecule has 2 atom stereocenters. The summed E-state index contributed by atoms with van der Waals surface area (Å²) in [7, 11) is 3.57. The van der Waals surface area contributed by atoms with Crippen LogP contribution in [0.15, 0.2) is 30.6 Å². The zero-order valence-corrected chi connectivity index (χ0v) is 19.0. The molecular formula is C23H28FN7O. The van der Waals surface area contributed by atoms with Crippen LogP contribution in [-0.4, -0.2) is 51.4 Å². The zero-order chi connectivity index (χ0) is 22.6. The van der Waals surface area contributed by atoms with Crippen LogP contribution < -0.4 is 20.3 Å². The van der Waals surface area contributed by atoms with Gasteiger partial charge in [-0.3, -0.25) is 4.68 Å². The summed E-state index contributed by atoms with van der Waals surface area (Å²) < 4.78 is 23.9. The Morgan fingerprint density at radius 1 is 1.16 bits per heavy atom. The number of nitrogens with zero attached hydrogens (tertiary/aromatic N) is 5. The van der Waals surface area contributed by atoms with Gasteiger partial charge >= 0.3 is 0 Å². The number of anilines is 3. The number of nitrogens with one attached hydrogen (secondary N) is 2. The van der Waals surface area contributed by atoms with Gasteiger partial charge in [0.15, 0.2) is 17.3 Å². The van der Waals surface area contributed by atoms with Crippen LogP contribution in [0.2, 0.25) is 0 Å². The third-order valence-corrected chi connectivity index (χ3v) is 5.93. The molecule has 3 aromatic heterocycles. The number of aryl methyl sites for hydroxylation is 2. The number of hydrogen-bond acceptors (Lipinski definition) is 6. The van der Waals surface area contributed by atoms with E-state index in [2.05, 4.69) is 51.6 Å². The Morgan fingerprint density at radius 2 is 1.91 bits per heavy atom. The molecule has 9 heteroatoms. The fraction of sp³-hybridized carbons (Fsp3) is 0.391. The minimum Gasteiger partial charge on any atom is -0.496 e. The van der Waals surface area contributed by atoms with Crippen molar-refractivity contribution in [3.05, 3.63) is 42.1 Å². The van der Waals surface area contributed by atoms with Crippen LogP contribution in [0, 0.1) is 12.7 Å². The van der Waals surface area contributed by atoms with Crippen LogP contribution in [0.1, 0.15) is 19.5 Å². The SMILES string of the molecule is COc1cc(N2C[C@H](C)N[C@@H](C)C2)cc2c1c(Nc1cc(F)c3nc(C)cn3c1)nn2C. The lowest BCUT2D eigenvalue weighted by molar-refractivity contribution is 0.404. The fourth-order valence-electron chi connectivity index (χ4n) is 4.69. The zero-order valence-electron chi connectivity index (χ0n) is 19.0. The van der Waals surface area contributed by atoms with Gasteiger partial charge in [0.1, 0.15) is 5.75 Å². The maximum absolute atomic E-state index is 14.6. The summed E-state index contributed by atoms with van der Waals surface area (Å²) in [5, 5.41) is 12.4. The van der Waals surface area contributed by atoms with Crippen molar-refractivity contribution in [2.24, 2.45) is 7.05 Å². The third-order valence-electron chi connectivity index (χ3n) is 5.93. The highest BCUT2D eigenvalue weighted by molar-refractivity contribution is 5.99. The average Bonchev–Trinajstić information content (AvgIpc) is 3.26. The highest BCUT2D eigenvalue weighted by Crippen LogP contribution is 2.38. The van der Waals surface area contributed by atoms with Gasteiger partial charge in [-0.15, -0.1) is 0 Å². The van der Waals surface area contributed by atoms with Crippen molar-refractivity contribution < 1.29 is 9.13 Å². The number of benzene rings is 1. The molecule has 4 aromatic rings. The van der Waals surface area contributed by atoms with Crippen molar-refractivity contribution in [1.82, 2.24) is 24.5 Å². The second-order valence-electron chi connectivity index (χ2n) is 8.70. The van der Waals surface area contributed by atoms with Gasteiger partial charge < -0.3 is 24.7 Å². The van der Waals surface area contributed by atoms with Gasteiger partial charge in [-0.2, -0.15) is 5.10 Å². The molecule has 0 unspecified atom stereocenters. The van der Waals surface area contributed by atoms with Crippen LogP contribution in [0.5, 0.6) is 5.75 Å². The van der Waals surface area contributed by atoms with Crippen molar-refractivity contribution in [2.75, 3.05) is 30.4 Å². The van der Waals surface area contributed by atoms with Gasteiger partial charge in [-0.05, 0) is 26.8 Å². The van der Waals surface area contributed by atoms with Crippen LogP contribution in [0.3, 0.4) is 0 Å².